The van der Waals surface area contributed by atoms with Crippen molar-refractivity contribution in [2.45, 2.75) is 50.0 Å². The number of furan rings is 1. The van der Waals surface area contributed by atoms with Crippen LogP contribution >= 0.6 is 0 Å². The Kier molecular flexibility index (Phi) is 6.34. The minimum Gasteiger partial charge on any atom is -0.468 e. The van der Waals surface area contributed by atoms with Crippen molar-refractivity contribution in [3.8, 4) is 0 Å². The Labute approximate surface area is 160 Å². The summed E-state index contributed by atoms with van der Waals surface area (Å²) in [6.45, 7) is 3.36. The average molecular weight is 391 g/mol. The molecule has 1 saturated heterocycles. The summed E-state index contributed by atoms with van der Waals surface area (Å²) in [6, 6.07) is 9.28. The predicted molar refractivity (Wildman–Crippen MR) is 103 cm³/mol. The Hall–Kier alpha value is -2.12. The molecule has 2 aromatic rings. The maximum atomic E-state index is 12.8. The van der Waals surface area contributed by atoms with Crippen molar-refractivity contribution in [2.75, 3.05) is 13.1 Å². The lowest BCUT2D eigenvalue weighted by Crippen LogP contribution is -2.37. The normalized spacial score (nSPS) is 16.7. The third kappa shape index (κ3) is 5.20. The van der Waals surface area contributed by atoms with Gasteiger partial charge in [0.25, 0.3) is 0 Å². The van der Waals surface area contributed by atoms with Gasteiger partial charge in [0.15, 0.2) is 0 Å². The third-order valence-electron chi connectivity index (χ3n) is 4.85. The summed E-state index contributed by atoms with van der Waals surface area (Å²) in [6.07, 6.45) is 5.77. The van der Waals surface area contributed by atoms with Crippen molar-refractivity contribution >= 4 is 15.9 Å². The van der Waals surface area contributed by atoms with Crippen molar-refractivity contribution in [1.82, 2.24) is 9.62 Å². The van der Waals surface area contributed by atoms with E-state index in [4.69, 9.17) is 4.42 Å². The molecule has 1 aromatic heterocycles. The average Bonchev–Trinajstić information content (AvgIpc) is 3.03. The molecule has 1 aliphatic rings. The van der Waals surface area contributed by atoms with E-state index in [0.29, 0.717) is 5.76 Å². The maximum absolute atomic E-state index is 12.8. The van der Waals surface area contributed by atoms with Gasteiger partial charge in [0.1, 0.15) is 5.76 Å². The van der Waals surface area contributed by atoms with Crippen LogP contribution in [0, 0.1) is 6.92 Å². The van der Waals surface area contributed by atoms with E-state index in [0.717, 1.165) is 44.3 Å². The fraction of sp³-hybridized carbons (Fsp3) is 0.450. The first kappa shape index (κ1) is 19.6. The van der Waals surface area contributed by atoms with E-state index in [-0.39, 0.29) is 17.2 Å². The topological polar surface area (TPSA) is 79.6 Å². The highest BCUT2D eigenvalue weighted by Crippen LogP contribution is 2.23. The molecule has 0 saturated carbocycles. The van der Waals surface area contributed by atoms with Gasteiger partial charge in [0, 0.05) is 13.1 Å². The van der Waals surface area contributed by atoms with Crippen molar-refractivity contribution in [1.29, 1.82) is 0 Å². The zero-order valence-corrected chi connectivity index (χ0v) is 16.4. The number of nitrogens with zero attached hydrogens (tertiary/aromatic N) is 1. The number of aryl methyl sites for hydroxylation is 1. The Morgan fingerprint density at radius 3 is 2.37 bits per heavy atom. The molecular formula is C20H26N2O4S. The number of likely N-dealkylation sites (tertiary alicyclic amines) is 1. The van der Waals surface area contributed by atoms with E-state index in [9.17, 15) is 13.2 Å². The van der Waals surface area contributed by atoms with Crippen LogP contribution in [0.5, 0.6) is 0 Å². The molecule has 7 heteroatoms. The number of rotatable bonds is 6. The molecule has 1 fully saturated rings. The van der Waals surface area contributed by atoms with Crippen LogP contribution in [0.15, 0.2) is 52.0 Å². The van der Waals surface area contributed by atoms with Gasteiger partial charge in [-0.05, 0) is 44.0 Å². The summed E-state index contributed by atoms with van der Waals surface area (Å²) in [5, 5.41) is 0. The van der Waals surface area contributed by atoms with Crippen LogP contribution in [0.3, 0.4) is 0 Å². The molecule has 1 aromatic carbocycles. The van der Waals surface area contributed by atoms with Crippen molar-refractivity contribution in [2.24, 2.45) is 0 Å². The summed E-state index contributed by atoms with van der Waals surface area (Å²) in [5.41, 5.74) is 0.980. The van der Waals surface area contributed by atoms with Crippen LogP contribution in [0.25, 0.3) is 0 Å². The molecule has 1 N–H and O–H groups in total. The summed E-state index contributed by atoms with van der Waals surface area (Å²) in [4.78, 5) is 14.8. The zero-order chi connectivity index (χ0) is 19.3. The van der Waals surface area contributed by atoms with Gasteiger partial charge in [-0.1, -0.05) is 30.5 Å². The fourth-order valence-electron chi connectivity index (χ4n) is 3.29. The van der Waals surface area contributed by atoms with Gasteiger partial charge in [0.05, 0.1) is 23.6 Å². The predicted octanol–water partition coefficient (Wildman–Crippen LogP) is 3.40. The second-order valence-corrected chi connectivity index (χ2v) is 8.72. The number of amides is 1. The lowest BCUT2D eigenvalue weighted by atomic mass is 10.1. The van der Waals surface area contributed by atoms with E-state index in [1.165, 1.54) is 6.26 Å². The van der Waals surface area contributed by atoms with Gasteiger partial charge < -0.3 is 9.32 Å². The van der Waals surface area contributed by atoms with Gasteiger partial charge in [-0.3, -0.25) is 4.79 Å². The molecule has 2 heterocycles. The van der Waals surface area contributed by atoms with E-state index in [1.54, 1.807) is 36.4 Å². The van der Waals surface area contributed by atoms with E-state index >= 15 is 0 Å². The lowest BCUT2D eigenvalue weighted by Gasteiger charge is -2.23. The minimum absolute atomic E-state index is 0.0403. The number of benzene rings is 1. The largest absolute Gasteiger partial charge is 0.468 e. The molecule has 146 valence electrons. The molecule has 1 amide bonds. The second kappa shape index (κ2) is 8.71. The number of sulfonamides is 1. The highest BCUT2D eigenvalue weighted by Gasteiger charge is 2.27. The van der Waals surface area contributed by atoms with Crippen molar-refractivity contribution < 1.29 is 17.6 Å². The van der Waals surface area contributed by atoms with Gasteiger partial charge in [-0.15, -0.1) is 0 Å². The first-order valence-corrected chi connectivity index (χ1v) is 10.8. The van der Waals surface area contributed by atoms with Crippen LogP contribution in [-0.4, -0.2) is 32.3 Å². The molecule has 0 aliphatic carbocycles. The second-order valence-electron chi connectivity index (χ2n) is 7.00. The third-order valence-corrected chi connectivity index (χ3v) is 6.34. The first-order chi connectivity index (χ1) is 13.0. The molecule has 0 bridgehead atoms. The van der Waals surface area contributed by atoms with Crippen LogP contribution in [-0.2, 0) is 14.8 Å². The summed E-state index contributed by atoms with van der Waals surface area (Å²) in [7, 11) is -3.77. The molecule has 1 unspecified atom stereocenters. The van der Waals surface area contributed by atoms with E-state index in [1.807, 2.05) is 11.8 Å². The highest BCUT2D eigenvalue weighted by atomic mass is 32.2. The Balaban J connectivity index is 1.77. The Morgan fingerprint density at radius 1 is 1.11 bits per heavy atom. The number of carbonyl (C=O) groups is 1. The monoisotopic (exact) mass is 390 g/mol. The maximum Gasteiger partial charge on any atom is 0.241 e. The van der Waals surface area contributed by atoms with Gasteiger partial charge >= 0.3 is 0 Å². The molecule has 1 aliphatic heterocycles. The van der Waals surface area contributed by atoms with Crippen LogP contribution in [0.4, 0.5) is 0 Å². The van der Waals surface area contributed by atoms with Gasteiger partial charge in [0.2, 0.25) is 15.9 Å². The first-order valence-electron chi connectivity index (χ1n) is 9.36. The lowest BCUT2D eigenvalue weighted by molar-refractivity contribution is -0.131. The van der Waals surface area contributed by atoms with E-state index in [2.05, 4.69) is 4.72 Å². The minimum atomic E-state index is -3.77. The van der Waals surface area contributed by atoms with Gasteiger partial charge in [-0.25, -0.2) is 8.42 Å². The molecule has 3 rings (SSSR count). The van der Waals surface area contributed by atoms with E-state index < -0.39 is 16.1 Å². The van der Waals surface area contributed by atoms with Crippen LogP contribution in [0.2, 0.25) is 0 Å². The SMILES string of the molecule is Cc1ccc(S(=O)(=O)NC(CC(=O)N2CCCCCC2)c2ccco2)cc1. The Morgan fingerprint density at radius 2 is 1.78 bits per heavy atom. The fourth-order valence-corrected chi connectivity index (χ4v) is 4.49. The molecule has 27 heavy (non-hydrogen) atoms. The number of hydrogen-bond donors (Lipinski definition) is 1. The van der Waals surface area contributed by atoms with Gasteiger partial charge in [-0.2, -0.15) is 4.72 Å². The standard InChI is InChI=1S/C20H26N2O4S/c1-16-8-10-17(11-9-16)27(24,25)21-18(19-7-6-14-26-19)15-20(23)22-12-4-2-3-5-13-22/h6-11,14,18,21H,2-5,12-13,15H2,1H3. The molecule has 0 radical (unpaired) electrons. The zero-order valence-electron chi connectivity index (χ0n) is 15.6. The Bertz CT molecular complexity index is 837. The number of nitrogens with one attached hydrogen (secondary N) is 1. The summed E-state index contributed by atoms with van der Waals surface area (Å²) in [5.74, 6) is 0.388. The van der Waals surface area contributed by atoms with Crippen molar-refractivity contribution in [3.05, 3.63) is 54.0 Å². The van der Waals surface area contributed by atoms with Crippen LogP contribution in [0.1, 0.15) is 49.5 Å². The molecule has 6 nitrogen and oxygen atoms in total. The van der Waals surface area contributed by atoms with Crippen molar-refractivity contribution in [3.63, 3.8) is 0 Å². The summed E-state index contributed by atoms with van der Waals surface area (Å²) >= 11 is 0. The smallest absolute Gasteiger partial charge is 0.241 e. The molecular weight excluding hydrogens is 364 g/mol. The number of hydrogen-bond acceptors (Lipinski definition) is 4. The molecule has 0 spiro atoms. The summed E-state index contributed by atoms with van der Waals surface area (Å²) < 4.78 is 33.6. The highest BCUT2D eigenvalue weighted by molar-refractivity contribution is 7.89. The molecule has 1 atom stereocenters. The van der Waals surface area contributed by atoms with Crippen LogP contribution < -0.4 is 4.72 Å². The number of carbonyl (C=O) groups excluding carboxylic acids is 1. The quantitative estimate of drug-likeness (QED) is 0.820.